The number of carbonyl (C=O) groups is 2. The Kier molecular flexibility index (Phi) is 7.71. The largest absolute Gasteiger partial charge is 0.490 e. The highest BCUT2D eigenvalue weighted by Crippen LogP contribution is 2.52. The van der Waals surface area contributed by atoms with Crippen molar-refractivity contribution in [3.05, 3.63) is 74.0 Å². The van der Waals surface area contributed by atoms with E-state index in [9.17, 15) is 18.0 Å². The van der Waals surface area contributed by atoms with Crippen LogP contribution in [0, 0.1) is 10.8 Å². The van der Waals surface area contributed by atoms with Gasteiger partial charge >= 0.3 is 10.1 Å². The molecule has 1 heterocycles. The molecule has 0 amide bonds. The number of rotatable bonds is 6. The molecule has 0 unspecified atom stereocenters. The summed E-state index contributed by atoms with van der Waals surface area (Å²) in [5.41, 5.74) is 3.09. The molecule has 2 aliphatic carbocycles. The Balaban J connectivity index is 1.65. The van der Waals surface area contributed by atoms with E-state index in [4.69, 9.17) is 20.5 Å². The molecule has 0 radical (unpaired) electrons. The molecule has 218 valence electrons. The minimum atomic E-state index is -4.22. The number of hydrogen-bond donors (Lipinski definition) is 1. The van der Waals surface area contributed by atoms with Crippen LogP contribution in [0.1, 0.15) is 71.8 Å². The van der Waals surface area contributed by atoms with E-state index in [1.807, 2.05) is 0 Å². The first-order valence-electron chi connectivity index (χ1n) is 13.6. The summed E-state index contributed by atoms with van der Waals surface area (Å²) in [5, 5.41) is 3.91. The van der Waals surface area contributed by atoms with Gasteiger partial charge in [0, 0.05) is 46.3 Å². The van der Waals surface area contributed by atoms with Crippen molar-refractivity contribution in [3.63, 3.8) is 0 Å². The molecule has 0 saturated heterocycles. The number of Topliss-reactive ketones (excluding diaryl/α,β-unsaturated/α-hetero) is 2. The van der Waals surface area contributed by atoms with E-state index in [0.717, 1.165) is 11.4 Å². The average molecular weight is 663 g/mol. The summed E-state index contributed by atoms with van der Waals surface area (Å²) in [6.45, 7) is 10.3. The molecular weight excluding hydrogens is 630 g/mol. The Bertz CT molecular complexity index is 1570. The SMILES string of the molecule is CCOc1cc(C2C3=C(CC(C)(C)CC3=O)NC3=C2C(=O)CC(C)(C)C3)cc(Br)c1OS(=O)(=O)c1ccc(Cl)cc1. The number of ether oxygens (including phenoxy) is 1. The van der Waals surface area contributed by atoms with Crippen LogP contribution in [0.4, 0.5) is 0 Å². The average Bonchev–Trinajstić information content (AvgIpc) is 2.83. The van der Waals surface area contributed by atoms with Gasteiger partial charge in [-0.1, -0.05) is 39.3 Å². The van der Waals surface area contributed by atoms with Crippen LogP contribution in [0.15, 0.2) is 68.3 Å². The van der Waals surface area contributed by atoms with E-state index in [-0.39, 0.29) is 45.4 Å². The van der Waals surface area contributed by atoms with Crippen LogP contribution >= 0.6 is 27.5 Å². The maximum atomic E-state index is 13.7. The molecule has 3 aliphatic rings. The number of allylic oxidation sites excluding steroid dienone is 4. The first-order valence-corrected chi connectivity index (χ1v) is 16.1. The van der Waals surface area contributed by atoms with Crippen molar-refractivity contribution in [1.82, 2.24) is 5.32 Å². The minimum absolute atomic E-state index is 0.00217. The maximum Gasteiger partial charge on any atom is 0.339 e. The number of hydrogen-bond acceptors (Lipinski definition) is 7. The first-order chi connectivity index (χ1) is 19.1. The van der Waals surface area contributed by atoms with Crippen molar-refractivity contribution in [2.75, 3.05) is 6.61 Å². The summed E-state index contributed by atoms with van der Waals surface area (Å²) in [6.07, 6.45) is 2.09. The van der Waals surface area contributed by atoms with E-state index in [0.29, 0.717) is 51.9 Å². The predicted molar refractivity (Wildman–Crippen MR) is 161 cm³/mol. The van der Waals surface area contributed by atoms with Gasteiger partial charge in [0.25, 0.3) is 0 Å². The lowest BCUT2D eigenvalue weighted by Crippen LogP contribution is -2.42. The summed E-state index contributed by atoms with van der Waals surface area (Å²) in [6, 6.07) is 9.08. The Hall–Kier alpha value is -2.62. The van der Waals surface area contributed by atoms with Gasteiger partial charge in [0.05, 0.1) is 11.1 Å². The van der Waals surface area contributed by atoms with Gasteiger partial charge in [0.2, 0.25) is 0 Å². The quantitative estimate of drug-likeness (QED) is 0.326. The Morgan fingerprint density at radius 2 is 1.46 bits per heavy atom. The summed E-state index contributed by atoms with van der Waals surface area (Å²) >= 11 is 9.44. The minimum Gasteiger partial charge on any atom is -0.490 e. The maximum absolute atomic E-state index is 13.7. The second kappa shape index (κ2) is 10.6. The number of halogens is 2. The van der Waals surface area contributed by atoms with Crippen molar-refractivity contribution in [2.45, 2.75) is 71.1 Å². The number of benzene rings is 2. The number of carbonyl (C=O) groups excluding carboxylic acids is 2. The zero-order chi connectivity index (χ0) is 29.9. The predicted octanol–water partition coefficient (Wildman–Crippen LogP) is 7.24. The summed E-state index contributed by atoms with van der Waals surface area (Å²) in [4.78, 5) is 27.3. The fourth-order valence-electron chi connectivity index (χ4n) is 6.08. The summed E-state index contributed by atoms with van der Waals surface area (Å²) in [7, 11) is -4.22. The van der Waals surface area contributed by atoms with E-state index < -0.39 is 16.0 Å². The molecule has 1 aliphatic heterocycles. The molecular formula is C31H33BrClNO6S. The molecule has 0 spiro atoms. The monoisotopic (exact) mass is 661 g/mol. The molecule has 10 heteroatoms. The first kappa shape index (κ1) is 29.9. The molecule has 2 aromatic rings. The number of nitrogens with one attached hydrogen (secondary N) is 1. The fraction of sp³-hybridized carbons (Fsp3) is 0.419. The van der Waals surface area contributed by atoms with Gasteiger partial charge in [-0.15, -0.1) is 0 Å². The van der Waals surface area contributed by atoms with Crippen LogP contribution < -0.4 is 14.2 Å². The smallest absolute Gasteiger partial charge is 0.339 e. The second-order valence-electron chi connectivity index (χ2n) is 12.5. The van der Waals surface area contributed by atoms with Gasteiger partial charge in [-0.2, -0.15) is 8.42 Å². The molecule has 1 N–H and O–H groups in total. The van der Waals surface area contributed by atoms with Crippen LogP contribution in [0.3, 0.4) is 0 Å². The van der Waals surface area contributed by atoms with Crippen LogP contribution in [0.25, 0.3) is 0 Å². The van der Waals surface area contributed by atoms with Crippen molar-refractivity contribution in [1.29, 1.82) is 0 Å². The fourth-order valence-corrected chi connectivity index (χ4v) is 7.81. The van der Waals surface area contributed by atoms with Gasteiger partial charge in [0.1, 0.15) is 4.90 Å². The molecule has 0 atom stereocenters. The van der Waals surface area contributed by atoms with E-state index in [1.54, 1.807) is 19.1 Å². The third kappa shape index (κ3) is 5.86. The van der Waals surface area contributed by atoms with E-state index >= 15 is 0 Å². The van der Waals surface area contributed by atoms with Gasteiger partial charge in [-0.25, -0.2) is 0 Å². The topological polar surface area (TPSA) is 98.8 Å². The van der Waals surface area contributed by atoms with Crippen molar-refractivity contribution >= 4 is 49.2 Å². The summed E-state index contributed by atoms with van der Waals surface area (Å²) < 4.78 is 38.1. The zero-order valence-electron chi connectivity index (χ0n) is 23.7. The second-order valence-corrected chi connectivity index (χ2v) is 15.3. The van der Waals surface area contributed by atoms with Crippen molar-refractivity contribution in [2.24, 2.45) is 10.8 Å². The summed E-state index contributed by atoms with van der Waals surface area (Å²) in [5.74, 6) is -0.444. The van der Waals surface area contributed by atoms with Crippen LogP contribution in [-0.2, 0) is 19.7 Å². The molecule has 5 rings (SSSR count). The molecule has 0 aromatic heterocycles. The lowest BCUT2D eigenvalue weighted by molar-refractivity contribution is -0.119. The van der Waals surface area contributed by atoms with Gasteiger partial charge in [0.15, 0.2) is 23.1 Å². The van der Waals surface area contributed by atoms with Gasteiger partial charge < -0.3 is 14.2 Å². The molecule has 0 fully saturated rings. The van der Waals surface area contributed by atoms with Gasteiger partial charge in [-0.3, -0.25) is 9.59 Å². The number of ketones is 2. The molecule has 41 heavy (non-hydrogen) atoms. The molecule has 2 aromatic carbocycles. The lowest BCUT2D eigenvalue weighted by Gasteiger charge is -2.44. The normalized spacial score (nSPS) is 20.4. The van der Waals surface area contributed by atoms with Crippen LogP contribution in [0.5, 0.6) is 11.5 Å². The molecule has 7 nitrogen and oxygen atoms in total. The molecule has 0 bridgehead atoms. The lowest BCUT2D eigenvalue weighted by atomic mass is 9.64. The van der Waals surface area contributed by atoms with Crippen molar-refractivity contribution in [3.8, 4) is 11.5 Å². The third-order valence-electron chi connectivity index (χ3n) is 7.68. The highest BCUT2D eigenvalue weighted by Gasteiger charge is 2.46. The number of dihydropyridines is 1. The zero-order valence-corrected chi connectivity index (χ0v) is 26.8. The molecule has 0 saturated carbocycles. The standard InChI is InChI=1S/C31H33BrClNO6S/c1-6-39-25-12-17(11-20(32)29(25)40-41(37,38)19-9-7-18(33)8-10-19)26-27-21(13-30(2,3)15-23(27)35)34-22-14-31(4,5)16-24(36)28(22)26/h7-12,26,34H,6,13-16H2,1-5H3. The van der Waals surface area contributed by atoms with E-state index in [2.05, 4.69) is 48.9 Å². The van der Waals surface area contributed by atoms with Crippen LogP contribution in [0.2, 0.25) is 5.02 Å². The third-order valence-corrected chi connectivity index (χ3v) is 9.76. The Labute approximate surface area is 254 Å². The highest BCUT2D eigenvalue weighted by atomic mass is 79.9. The Morgan fingerprint density at radius 3 is 1.98 bits per heavy atom. The highest BCUT2D eigenvalue weighted by molar-refractivity contribution is 9.10. The van der Waals surface area contributed by atoms with Gasteiger partial charge in [-0.05, 0) is 88.5 Å². The van der Waals surface area contributed by atoms with Crippen LogP contribution in [-0.4, -0.2) is 26.6 Å². The van der Waals surface area contributed by atoms with E-state index in [1.165, 1.54) is 24.3 Å². The Morgan fingerprint density at radius 1 is 0.927 bits per heavy atom. The van der Waals surface area contributed by atoms with Crippen molar-refractivity contribution < 1.29 is 26.9 Å².